The van der Waals surface area contributed by atoms with Crippen LogP contribution in [0.3, 0.4) is 0 Å². The number of likely N-dealkylation sites (tertiary alicyclic amines) is 1. The lowest BCUT2D eigenvalue weighted by Crippen LogP contribution is -2.38. The molecule has 9 heteroatoms. The first-order chi connectivity index (χ1) is 14.1. The Morgan fingerprint density at radius 3 is 2.23 bits per heavy atom. The van der Waals surface area contributed by atoms with Crippen LogP contribution < -0.4 is 5.32 Å². The highest BCUT2D eigenvalue weighted by Crippen LogP contribution is 2.46. The molecule has 164 valence electrons. The van der Waals surface area contributed by atoms with Crippen molar-refractivity contribution in [1.29, 1.82) is 0 Å². The van der Waals surface area contributed by atoms with Gasteiger partial charge in [-0.05, 0) is 49.7 Å². The molecule has 0 spiro atoms. The number of hydrogen-bond donors (Lipinski definition) is 1. The van der Waals surface area contributed by atoms with Crippen LogP contribution in [0.4, 0.5) is 32.0 Å². The van der Waals surface area contributed by atoms with Crippen molar-refractivity contribution in [3.8, 4) is 0 Å². The summed E-state index contributed by atoms with van der Waals surface area (Å²) < 4.78 is 79.8. The number of nitrogens with one attached hydrogen (secondary N) is 1. The SMILES string of the molecule is CCN1CCC(Nc2cccc(Sc3cccc(C(F)(F)F)c3C(F)(F)F)c2)CC1. The molecule has 1 aliphatic rings. The zero-order valence-electron chi connectivity index (χ0n) is 16.3. The third-order valence-electron chi connectivity index (χ3n) is 5.08. The maximum Gasteiger partial charge on any atom is 0.418 e. The van der Waals surface area contributed by atoms with Gasteiger partial charge in [0.05, 0.1) is 11.1 Å². The van der Waals surface area contributed by atoms with E-state index in [1.807, 2.05) is 6.07 Å². The predicted molar refractivity (Wildman–Crippen MR) is 106 cm³/mol. The Morgan fingerprint density at radius 2 is 1.63 bits per heavy atom. The highest BCUT2D eigenvalue weighted by atomic mass is 32.2. The molecule has 0 bridgehead atoms. The van der Waals surface area contributed by atoms with Crippen LogP contribution in [-0.4, -0.2) is 30.6 Å². The third-order valence-corrected chi connectivity index (χ3v) is 6.13. The molecule has 0 saturated carbocycles. The van der Waals surface area contributed by atoms with Crippen LogP contribution in [0.2, 0.25) is 0 Å². The molecule has 0 radical (unpaired) electrons. The van der Waals surface area contributed by atoms with Crippen LogP contribution in [0.25, 0.3) is 0 Å². The molecule has 3 rings (SSSR count). The summed E-state index contributed by atoms with van der Waals surface area (Å²) in [4.78, 5) is 2.32. The summed E-state index contributed by atoms with van der Waals surface area (Å²) >= 11 is 0.683. The lowest BCUT2D eigenvalue weighted by Gasteiger charge is -2.32. The Hall–Kier alpha value is -1.87. The summed E-state index contributed by atoms with van der Waals surface area (Å²) in [5, 5.41) is 3.39. The summed E-state index contributed by atoms with van der Waals surface area (Å²) in [6.45, 7) is 5.05. The van der Waals surface area contributed by atoms with E-state index in [1.54, 1.807) is 18.2 Å². The van der Waals surface area contributed by atoms with Crippen molar-refractivity contribution in [3.63, 3.8) is 0 Å². The van der Waals surface area contributed by atoms with E-state index in [0.29, 0.717) is 22.7 Å². The molecule has 2 aromatic carbocycles. The number of anilines is 1. The van der Waals surface area contributed by atoms with Crippen LogP contribution in [0, 0.1) is 0 Å². The number of nitrogens with zero attached hydrogens (tertiary/aromatic N) is 1. The maximum absolute atomic E-state index is 13.5. The number of halogens is 6. The lowest BCUT2D eigenvalue weighted by atomic mass is 10.0. The Labute approximate surface area is 175 Å². The quantitative estimate of drug-likeness (QED) is 0.508. The lowest BCUT2D eigenvalue weighted by molar-refractivity contribution is -0.163. The van der Waals surface area contributed by atoms with Gasteiger partial charge in [-0.3, -0.25) is 0 Å². The Morgan fingerprint density at radius 1 is 0.967 bits per heavy atom. The van der Waals surface area contributed by atoms with Gasteiger partial charge in [-0.2, -0.15) is 26.3 Å². The second-order valence-electron chi connectivity index (χ2n) is 7.16. The summed E-state index contributed by atoms with van der Waals surface area (Å²) in [7, 11) is 0. The van der Waals surface area contributed by atoms with Crippen LogP contribution in [0.1, 0.15) is 30.9 Å². The predicted octanol–water partition coefficient (Wildman–Crippen LogP) is 6.77. The number of piperidine rings is 1. The fraction of sp³-hybridized carbons (Fsp3) is 0.429. The molecular weight excluding hydrogens is 426 g/mol. The van der Waals surface area contributed by atoms with Crippen LogP contribution in [0.5, 0.6) is 0 Å². The standard InChI is InChI=1S/C21H22F6N2S/c1-2-29-11-9-14(10-12-29)28-15-5-3-6-16(13-15)30-18-8-4-7-17(20(22,23)24)19(18)21(25,26)27/h3-8,13-14,28H,2,9-12H2,1H3. The van der Waals surface area contributed by atoms with E-state index in [0.717, 1.165) is 50.3 Å². The number of alkyl halides is 6. The van der Waals surface area contributed by atoms with Gasteiger partial charge >= 0.3 is 12.4 Å². The van der Waals surface area contributed by atoms with Gasteiger partial charge in [0, 0.05) is 34.6 Å². The fourth-order valence-corrected chi connectivity index (χ4v) is 4.61. The molecule has 1 aliphatic heterocycles. The van der Waals surface area contributed by atoms with Crippen molar-refractivity contribution in [2.24, 2.45) is 0 Å². The van der Waals surface area contributed by atoms with Crippen LogP contribution in [-0.2, 0) is 12.4 Å². The zero-order chi connectivity index (χ0) is 21.9. The van der Waals surface area contributed by atoms with Crippen molar-refractivity contribution >= 4 is 17.4 Å². The van der Waals surface area contributed by atoms with E-state index in [4.69, 9.17) is 0 Å². The van der Waals surface area contributed by atoms with Gasteiger partial charge in [0.25, 0.3) is 0 Å². The summed E-state index contributed by atoms with van der Waals surface area (Å²) in [5.74, 6) is 0. The summed E-state index contributed by atoms with van der Waals surface area (Å²) in [6.07, 6.45) is -8.29. The molecule has 1 fully saturated rings. The molecular formula is C21H22F6N2S. The first-order valence-corrected chi connectivity index (χ1v) is 10.4. The second kappa shape index (κ2) is 9.09. The molecule has 0 aromatic heterocycles. The van der Waals surface area contributed by atoms with Gasteiger partial charge in [0.2, 0.25) is 0 Å². The van der Waals surface area contributed by atoms with Gasteiger partial charge in [-0.25, -0.2) is 0 Å². The topological polar surface area (TPSA) is 15.3 Å². The average Bonchev–Trinajstić information content (AvgIpc) is 2.67. The normalized spacial score (nSPS) is 16.6. The van der Waals surface area contributed by atoms with E-state index in [9.17, 15) is 26.3 Å². The first kappa shape index (κ1) is 22.8. The molecule has 30 heavy (non-hydrogen) atoms. The minimum atomic E-state index is -5.11. The highest BCUT2D eigenvalue weighted by Gasteiger charge is 2.44. The van der Waals surface area contributed by atoms with Gasteiger partial charge in [0.1, 0.15) is 0 Å². The van der Waals surface area contributed by atoms with E-state index < -0.39 is 28.4 Å². The highest BCUT2D eigenvalue weighted by molar-refractivity contribution is 7.99. The minimum Gasteiger partial charge on any atom is -0.382 e. The fourth-order valence-electron chi connectivity index (χ4n) is 3.55. The Kier molecular flexibility index (Phi) is 6.91. The zero-order valence-corrected chi connectivity index (χ0v) is 17.1. The Balaban J connectivity index is 1.81. The van der Waals surface area contributed by atoms with E-state index in [1.165, 1.54) is 0 Å². The smallest absolute Gasteiger partial charge is 0.382 e. The van der Waals surface area contributed by atoms with Crippen LogP contribution in [0.15, 0.2) is 52.3 Å². The van der Waals surface area contributed by atoms with E-state index in [2.05, 4.69) is 17.1 Å². The van der Waals surface area contributed by atoms with Gasteiger partial charge in [-0.15, -0.1) is 0 Å². The van der Waals surface area contributed by atoms with Crippen molar-refractivity contribution in [2.45, 2.75) is 48.0 Å². The van der Waals surface area contributed by atoms with Crippen LogP contribution >= 0.6 is 11.8 Å². The Bertz CT molecular complexity index is 857. The van der Waals surface area contributed by atoms with Crippen molar-refractivity contribution in [3.05, 3.63) is 53.6 Å². The summed E-state index contributed by atoms with van der Waals surface area (Å²) in [6, 6.07) is 9.57. The molecule has 2 nitrogen and oxygen atoms in total. The van der Waals surface area contributed by atoms with Gasteiger partial charge in [-0.1, -0.05) is 30.8 Å². The maximum atomic E-state index is 13.5. The van der Waals surface area contributed by atoms with Crippen molar-refractivity contribution < 1.29 is 26.3 Å². The molecule has 1 heterocycles. The largest absolute Gasteiger partial charge is 0.418 e. The van der Waals surface area contributed by atoms with Gasteiger partial charge < -0.3 is 10.2 Å². The van der Waals surface area contributed by atoms with Gasteiger partial charge in [0.15, 0.2) is 0 Å². The number of hydrogen-bond acceptors (Lipinski definition) is 3. The molecule has 1 saturated heterocycles. The van der Waals surface area contributed by atoms with E-state index in [-0.39, 0.29) is 6.04 Å². The monoisotopic (exact) mass is 448 g/mol. The average molecular weight is 448 g/mol. The molecule has 0 amide bonds. The van der Waals surface area contributed by atoms with E-state index >= 15 is 0 Å². The third kappa shape index (κ3) is 5.63. The molecule has 1 N–H and O–H groups in total. The summed E-state index contributed by atoms with van der Waals surface area (Å²) in [5.41, 5.74) is -2.57. The molecule has 2 aromatic rings. The molecule has 0 aliphatic carbocycles. The number of rotatable bonds is 5. The van der Waals surface area contributed by atoms with Crippen molar-refractivity contribution in [2.75, 3.05) is 25.0 Å². The number of benzene rings is 2. The second-order valence-corrected chi connectivity index (χ2v) is 8.27. The minimum absolute atomic E-state index is 0.257. The molecule has 0 atom stereocenters. The first-order valence-electron chi connectivity index (χ1n) is 9.62. The molecule has 0 unspecified atom stereocenters. The van der Waals surface area contributed by atoms with Crippen molar-refractivity contribution in [1.82, 2.24) is 4.90 Å².